The number of hydrogen-bond donors (Lipinski definition) is 2. The molecule has 0 aliphatic rings. The van der Waals surface area contributed by atoms with Crippen LogP contribution in [0.15, 0.2) is 66.1 Å². The van der Waals surface area contributed by atoms with Crippen LogP contribution in [0.2, 0.25) is 0 Å². The first-order valence-corrected chi connectivity index (χ1v) is 8.57. The lowest BCUT2D eigenvalue weighted by atomic mass is 10.0. The van der Waals surface area contributed by atoms with Crippen LogP contribution in [0.3, 0.4) is 0 Å². The van der Waals surface area contributed by atoms with Gasteiger partial charge in [0, 0.05) is 17.0 Å². The molecule has 0 spiro atoms. The number of rotatable bonds is 5. The molecular formula is C20H14FNO3S. The number of thiophene rings is 1. The van der Waals surface area contributed by atoms with Crippen LogP contribution in [0.25, 0.3) is 17.2 Å². The van der Waals surface area contributed by atoms with Crippen molar-refractivity contribution in [3.63, 3.8) is 0 Å². The van der Waals surface area contributed by atoms with Crippen molar-refractivity contribution in [2.24, 2.45) is 0 Å². The molecule has 6 heteroatoms. The van der Waals surface area contributed by atoms with Crippen LogP contribution in [0.4, 0.5) is 9.39 Å². The van der Waals surface area contributed by atoms with Crippen molar-refractivity contribution in [3.05, 3.63) is 83.0 Å². The van der Waals surface area contributed by atoms with Gasteiger partial charge < -0.3 is 10.4 Å². The zero-order chi connectivity index (χ0) is 18.5. The van der Waals surface area contributed by atoms with E-state index < -0.39 is 11.9 Å². The van der Waals surface area contributed by atoms with Gasteiger partial charge in [0.1, 0.15) is 16.4 Å². The highest BCUT2D eigenvalue weighted by molar-refractivity contribution is 7.15. The maximum Gasteiger partial charge on any atom is 0.339 e. The molecule has 2 aromatic carbocycles. The molecule has 130 valence electrons. The molecule has 0 atom stereocenters. The SMILES string of the molecule is O=C(/C=C/c1ccc(F)cc1)Nc1scc(-c2ccccc2)c1C(=O)O. The molecule has 1 amide bonds. The van der Waals surface area contributed by atoms with E-state index in [4.69, 9.17) is 0 Å². The molecule has 0 fully saturated rings. The third-order valence-corrected chi connectivity index (χ3v) is 4.52. The Morgan fingerprint density at radius 2 is 1.73 bits per heavy atom. The van der Waals surface area contributed by atoms with E-state index in [1.54, 1.807) is 17.5 Å². The molecule has 0 aliphatic heterocycles. The molecule has 0 saturated heterocycles. The van der Waals surface area contributed by atoms with E-state index in [1.165, 1.54) is 24.3 Å². The molecular weight excluding hydrogens is 353 g/mol. The van der Waals surface area contributed by atoms with Crippen LogP contribution in [-0.2, 0) is 4.79 Å². The van der Waals surface area contributed by atoms with E-state index >= 15 is 0 Å². The quantitative estimate of drug-likeness (QED) is 0.630. The summed E-state index contributed by atoms with van der Waals surface area (Å²) in [5.74, 6) is -1.93. The summed E-state index contributed by atoms with van der Waals surface area (Å²) in [5.41, 5.74) is 2.05. The van der Waals surface area contributed by atoms with Gasteiger partial charge >= 0.3 is 5.97 Å². The number of carboxylic acid groups (broad SMARTS) is 1. The number of carbonyl (C=O) groups excluding carboxylic acids is 1. The van der Waals surface area contributed by atoms with Crippen LogP contribution in [-0.4, -0.2) is 17.0 Å². The zero-order valence-electron chi connectivity index (χ0n) is 13.5. The lowest BCUT2D eigenvalue weighted by Crippen LogP contribution is -2.10. The van der Waals surface area contributed by atoms with E-state index in [0.29, 0.717) is 11.1 Å². The second kappa shape index (κ2) is 7.76. The summed E-state index contributed by atoms with van der Waals surface area (Å²) in [7, 11) is 0. The second-order valence-electron chi connectivity index (χ2n) is 5.40. The first kappa shape index (κ1) is 17.6. The van der Waals surface area contributed by atoms with Crippen LogP contribution < -0.4 is 5.32 Å². The first-order valence-electron chi connectivity index (χ1n) is 7.69. The van der Waals surface area contributed by atoms with Crippen LogP contribution in [0, 0.1) is 5.82 Å². The first-order chi connectivity index (χ1) is 12.5. The summed E-state index contributed by atoms with van der Waals surface area (Å²) in [4.78, 5) is 23.8. The molecule has 3 rings (SSSR count). The van der Waals surface area contributed by atoms with E-state index in [-0.39, 0.29) is 16.4 Å². The summed E-state index contributed by atoms with van der Waals surface area (Å²) in [6, 6.07) is 14.8. The van der Waals surface area contributed by atoms with Gasteiger partial charge in [-0.25, -0.2) is 9.18 Å². The number of halogens is 1. The molecule has 1 aromatic heterocycles. The highest BCUT2D eigenvalue weighted by Crippen LogP contribution is 2.35. The Bertz CT molecular complexity index is 962. The van der Waals surface area contributed by atoms with Crippen molar-refractivity contribution >= 4 is 34.3 Å². The summed E-state index contributed by atoms with van der Waals surface area (Å²) in [6.07, 6.45) is 2.81. The molecule has 1 heterocycles. The molecule has 0 unspecified atom stereocenters. The van der Waals surface area contributed by atoms with Crippen molar-refractivity contribution in [2.75, 3.05) is 5.32 Å². The predicted molar refractivity (Wildman–Crippen MR) is 101 cm³/mol. The number of nitrogens with one attached hydrogen (secondary N) is 1. The highest BCUT2D eigenvalue weighted by atomic mass is 32.1. The molecule has 0 radical (unpaired) electrons. The van der Waals surface area contributed by atoms with Crippen LogP contribution in [0.5, 0.6) is 0 Å². The number of carboxylic acids is 1. The fourth-order valence-electron chi connectivity index (χ4n) is 2.39. The van der Waals surface area contributed by atoms with Gasteiger partial charge in [-0.05, 0) is 29.3 Å². The van der Waals surface area contributed by atoms with E-state index in [9.17, 15) is 19.1 Å². The normalized spacial score (nSPS) is 10.8. The minimum Gasteiger partial charge on any atom is -0.478 e. The second-order valence-corrected chi connectivity index (χ2v) is 6.28. The van der Waals surface area contributed by atoms with Gasteiger partial charge in [-0.15, -0.1) is 11.3 Å². The van der Waals surface area contributed by atoms with Crippen molar-refractivity contribution < 1.29 is 19.1 Å². The molecule has 2 N–H and O–H groups in total. The number of carbonyl (C=O) groups is 2. The highest BCUT2D eigenvalue weighted by Gasteiger charge is 2.20. The molecule has 26 heavy (non-hydrogen) atoms. The molecule has 0 bridgehead atoms. The molecule has 3 aromatic rings. The number of anilines is 1. The average Bonchev–Trinajstić information content (AvgIpc) is 3.06. The Labute approximate surface area is 153 Å². The van der Waals surface area contributed by atoms with Crippen LogP contribution in [0.1, 0.15) is 15.9 Å². The van der Waals surface area contributed by atoms with Crippen LogP contribution >= 0.6 is 11.3 Å². The lowest BCUT2D eigenvalue weighted by Gasteiger charge is -2.04. The van der Waals surface area contributed by atoms with Gasteiger partial charge in [-0.3, -0.25) is 4.79 Å². The lowest BCUT2D eigenvalue weighted by molar-refractivity contribution is -0.111. The standard InChI is InChI=1S/C20H14FNO3S/c21-15-9-6-13(7-10-15)8-11-17(23)22-19-18(20(24)25)16(12-26-19)14-4-2-1-3-5-14/h1-12H,(H,22,23)(H,24,25)/b11-8+. The predicted octanol–water partition coefficient (Wildman–Crippen LogP) is 4.90. The minimum atomic E-state index is -1.11. The molecule has 0 aliphatic carbocycles. The zero-order valence-corrected chi connectivity index (χ0v) is 14.3. The maximum atomic E-state index is 12.9. The third-order valence-electron chi connectivity index (χ3n) is 3.62. The van der Waals surface area contributed by atoms with Gasteiger partial charge in [-0.2, -0.15) is 0 Å². The van der Waals surface area contributed by atoms with Gasteiger partial charge in [0.05, 0.1) is 0 Å². The maximum absolute atomic E-state index is 12.9. The Balaban J connectivity index is 1.81. The van der Waals surface area contributed by atoms with E-state index in [2.05, 4.69) is 5.32 Å². The van der Waals surface area contributed by atoms with E-state index in [0.717, 1.165) is 16.9 Å². The molecule has 0 saturated carbocycles. The number of hydrogen-bond acceptors (Lipinski definition) is 3. The van der Waals surface area contributed by atoms with Gasteiger partial charge in [-0.1, -0.05) is 42.5 Å². The minimum absolute atomic E-state index is 0.0599. The Morgan fingerprint density at radius 3 is 2.38 bits per heavy atom. The monoisotopic (exact) mass is 367 g/mol. The Hall–Kier alpha value is -3.25. The van der Waals surface area contributed by atoms with Gasteiger partial charge in [0.15, 0.2) is 0 Å². The summed E-state index contributed by atoms with van der Waals surface area (Å²) >= 11 is 1.16. The summed E-state index contributed by atoms with van der Waals surface area (Å²) < 4.78 is 12.9. The number of amides is 1. The average molecular weight is 367 g/mol. The topological polar surface area (TPSA) is 66.4 Å². The Kier molecular flexibility index (Phi) is 5.24. The van der Waals surface area contributed by atoms with Crippen molar-refractivity contribution in [1.29, 1.82) is 0 Å². The van der Waals surface area contributed by atoms with Gasteiger partial charge in [0.25, 0.3) is 0 Å². The van der Waals surface area contributed by atoms with Crippen molar-refractivity contribution in [3.8, 4) is 11.1 Å². The summed E-state index contributed by atoms with van der Waals surface area (Å²) in [6.45, 7) is 0. The Morgan fingerprint density at radius 1 is 1.04 bits per heavy atom. The van der Waals surface area contributed by atoms with Crippen molar-refractivity contribution in [1.82, 2.24) is 0 Å². The smallest absolute Gasteiger partial charge is 0.339 e. The van der Waals surface area contributed by atoms with E-state index in [1.807, 2.05) is 30.3 Å². The fourth-order valence-corrected chi connectivity index (χ4v) is 3.36. The van der Waals surface area contributed by atoms with Crippen molar-refractivity contribution in [2.45, 2.75) is 0 Å². The molecule has 4 nitrogen and oxygen atoms in total. The largest absolute Gasteiger partial charge is 0.478 e. The number of benzene rings is 2. The summed E-state index contributed by atoms with van der Waals surface area (Å²) in [5, 5.41) is 14.1. The number of aromatic carboxylic acids is 1. The van der Waals surface area contributed by atoms with Gasteiger partial charge in [0.2, 0.25) is 5.91 Å². The fraction of sp³-hybridized carbons (Fsp3) is 0. The third kappa shape index (κ3) is 4.04.